The number of carbonyl (C=O) groups excluding carboxylic acids is 1. The molecule has 1 aliphatic rings. The first-order valence-corrected chi connectivity index (χ1v) is 5.52. The summed E-state index contributed by atoms with van der Waals surface area (Å²) in [6.45, 7) is 4.13. The fourth-order valence-electron chi connectivity index (χ4n) is 1.85. The number of hydrogen-bond acceptors (Lipinski definition) is 3. The summed E-state index contributed by atoms with van der Waals surface area (Å²) in [6.07, 6.45) is 5.24. The number of cyclic esters (lactones) is 1. The van der Waals surface area contributed by atoms with Gasteiger partial charge in [0.05, 0.1) is 6.61 Å². The van der Waals surface area contributed by atoms with Gasteiger partial charge in [-0.05, 0) is 5.92 Å². The second-order valence-electron chi connectivity index (χ2n) is 4.16. The summed E-state index contributed by atoms with van der Waals surface area (Å²) in [6, 6.07) is 0. The molecule has 2 atom stereocenters. The molecule has 3 heteroatoms. The molecule has 0 saturated carbocycles. The molecule has 14 heavy (non-hydrogen) atoms. The van der Waals surface area contributed by atoms with Crippen LogP contribution in [0.3, 0.4) is 0 Å². The Labute approximate surface area is 85.5 Å². The molecule has 0 aromatic rings. The van der Waals surface area contributed by atoms with E-state index in [2.05, 4.69) is 13.8 Å². The number of aliphatic hydroxyl groups is 1. The highest BCUT2D eigenvalue weighted by atomic mass is 16.7. The van der Waals surface area contributed by atoms with Crippen molar-refractivity contribution in [3.63, 3.8) is 0 Å². The minimum atomic E-state index is -0.811. The van der Waals surface area contributed by atoms with Crippen molar-refractivity contribution in [2.24, 2.45) is 5.92 Å². The van der Waals surface area contributed by atoms with Gasteiger partial charge in [0.2, 0.25) is 5.60 Å². The third-order valence-corrected chi connectivity index (χ3v) is 3.04. The zero-order valence-corrected chi connectivity index (χ0v) is 9.08. The summed E-state index contributed by atoms with van der Waals surface area (Å²) in [5.41, 5.74) is -0.811. The van der Waals surface area contributed by atoms with Crippen LogP contribution in [0.15, 0.2) is 0 Å². The van der Waals surface area contributed by atoms with Crippen molar-refractivity contribution < 1.29 is 14.6 Å². The Morgan fingerprint density at radius 2 is 2.14 bits per heavy atom. The molecule has 0 bridgehead atoms. The molecule has 82 valence electrons. The lowest BCUT2D eigenvalue weighted by Gasteiger charge is -2.15. The summed E-state index contributed by atoms with van der Waals surface area (Å²) in [7, 11) is 0. The number of rotatable bonds is 7. The summed E-state index contributed by atoms with van der Waals surface area (Å²) in [5, 5.41) is 9.05. The van der Waals surface area contributed by atoms with Crippen molar-refractivity contribution in [2.75, 3.05) is 6.61 Å². The predicted octanol–water partition coefficient (Wildman–Crippen LogP) is 1.88. The minimum Gasteiger partial charge on any atom is -0.441 e. The monoisotopic (exact) mass is 200 g/mol. The first-order chi connectivity index (χ1) is 6.68. The Balaban J connectivity index is 2.36. The van der Waals surface area contributed by atoms with Crippen molar-refractivity contribution in [3.05, 3.63) is 0 Å². The van der Waals surface area contributed by atoms with Crippen LogP contribution in [0.5, 0.6) is 0 Å². The van der Waals surface area contributed by atoms with Gasteiger partial charge >= 0.3 is 5.97 Å². The van der Waals surface area contributed by atoms with Gasteiger partial charge < -0.3 is 9.84 Å². The number of ether oxygens (including phenoxy) is 1. The third-order valence-electron chi connectivity index (χ3n) is 3.04. The third kappa shape index (κ3) is 2.47. The molecule has 0 spiro atoms. The lowest BCUT2D eigenvalue weighted by molar-refractivity contribution is -0.117. The fraction of sp³-hybridized carbons (Fsp3) is 0.909. The van der Waals surface area contributed by atoms with E-state index in [0.717, 1.165) is 12.8 Å². The highest BCUT2D eigenvalue weighted by molar-refractivity contribution is 5.93. The molecule has 0 aliphatic carbocycles. The van der Waals surface area contributed by atoms with E-state index in [0.29, 0.717) is 12.3 Å². The number of aliphatic hydroxyl groups excluding tert-OH is 1. The van der Waals surface area contributed by atoms with E-state index in [4.69, 9.17) is 9.84 Å². The van der Waals surface area contributed by atoms with Crippen molar-refractivity contribution >= 4 is 5.97 Å². The van der Waals surface area contributed by atoms with Crippen molar-refractivity contribution in [1.29, 1.82) is 0 Å². The standard InChI is InChI=1S/C11H20O3/c1-3-5-6-9(4-2)7-11(8-12)10(13)14-11/h9,12H,3-8H2,1-2H3/t9?,11-/m1/s1. The van der Waals surface area contributed by atoms with Gasteiger partial charge in [-0.15, -0.1) is 0 Å². The van der Waals surface area contributed by atoms with Gasteiger partial charge in [0.25, 0.3) is 0 Å². The smallest absolute Gasteiger partial charge is 0.354 e. The van der Waals surface area contributed by atoms with Gasteiger partial charge in [0, 0.05) is 6.42 Å². The summed E-state index contributed by atoms with van der Waals surface area (Å²) in [4.78, 5) is 11.0. The van der Waals surface area contributed by atoms with Crippen LogP contribution in [-0.4, -0.2) is 23.3 Å². The molecular weight excluding hydrogens is 180 g/mol. The molecule has 0 amide bonds. The van der Waals surface area contributed by atoms with Crippen LogP contribution >= 0.6 is 0 Å². The summed E-state index contributed by atoms with van der Waals surface area (Å²) in [5.74, 6) is 0.281. The lowest BCUT2D eigenvalue weighted by Crippen LogP contribution is -2.22. The maximum Gasteiger partial charge on any atom is 0.354 e. The zero-order chi connectivity index (χ0) is 10.6. The van der Waals surface area contributed by atoms with E-state index in [1.165, 1.54) is 12.8 Å². The molecule has 3 nitrogen and oxygen atoms in total. The molecule has 1 N–H and O–H groups in total. The van der Waals surface area contributed by atoms with Gasteiger partial charge in [-0.25, -0.2) is 4.79 Å². The summed E-state index contributed by atoms with van der Waals surface area (Å²) < 4.78 is 4.88. The number of epoxide rings is 1. The van der Waals surface area contributed by atoms with Crippen LogP contribution in [0.4, 0.5) is 0 Å². The Kier molecular flexibility index (Phi) is 3.93. The van der Waals surface area contributed by atoms with Gasteiger partial charge in [-0.1, -0.05) is 39.5 Å². The number of carbonyl (C=O) groups is 1. The van der Waals surface area contributed by atoms with Crippen molar-refractivity contribution in [3.8, 4) is 0 Å². The summed E-state index contributed by atoms with van der Waals surface area (Å²) >= 11 is 0. The second kappa shape index (κ2) is 4.78. The molecule has 0 aromatic heterocycles. The molecular formula is C11H20O3. The molecule has 1 unspecified atom stereocenters. The first kappa shape index (κ1) is 11.5. The van der Waals surface area contributed by atoms with E-state index in [9.17, 15) is 4.79 Å². The van der Waals surface area contributed by atoms with E-state index < -0.39 is 5.60 Å². The molecule has 0 radical (unpaired) electrons. The van der Waals surface area contributed by atoms with Gasteiger partial charge in [-0.2, -0.15) is 0 Å². The highest BCUT2D eigenvalue weighted by Gasteiger charge is 2.58. The van der Waals surface area contributed by atoms with Crippen molar-refractivity contribution in [1.82, 2.24) is 0 Å². The quantitative estimate of drug-likeness (QED) is 0.638. The van der Waals surface area contributed by atoms with Gasteiger partial charge in [0.15, 0.2) is 0 Å². The van der Waals surface area contributed by atoms with E-state index >= 15 is 0 Å². The van der Waals surface area contributed by atoms with E-state index in [1.807, 2.05) is 0 Å². The first-order valence-electron chi connectivity index (χ1n) is 5.52. The minimum absolute atomic E-state index is 0.158. The maximum absolute atomic E-state index is 11.0. The number of unbranched alkanes of at least 4 members (excludes halogenated alkanes) is 1. The average molecular weight is 200 g/mol. The van der Waals surface area contributed by atoms with Crippen molar-refractivity contribution in [2.45, 2.75) is 51.6 Å². The lowest BCUT2D eigenvalue weighted by atomic mass is 9.89. The second-order valence-corrected chi connectivity index (χ2v) is 4.16. The normalized spacial score (nSPS) is 27.2. The van der Waals surface area contributed by atoms with Crippen LogP contribution in [0.25, 0.3) is 0 Å². The average Bonchev–Trinajstić information content (AvgIpc) is 2.84. The Hall–Kier alpha value is -0.570. The van der Waals surface area contributed by atoms with Crippen LogP contribution in [0.1, 0.15) is 46.0 Å². The fourth-order valence-corrected chi connectivity index (χ4v) is 1.85. The van der Waals surface area contributed by atoms with E-state index in [-0.39, 0.29) is 12.6 Å². The van der Waals surface area contributed by atoms with Crippen LogP contribution in [0.2, 0.25) is 0 Å². The largest absolute Gasteiger partial charge is 0.441 e. The SMILES string of the molecule is CCCCC(CC)C[C@]1(CO)OC1=O. The molecule has 1 heterocycles. The Morgan fingerprint density at radius 1 is 1.50 bits per heavy atom. The molecule has 1 fully saturated rings. The van der Waals surface area contributed by atoms with E-state index in [1.54, 1.807) is 0 Å². The van der Waals surface area contributed by atoms with Crippen LogP contribution in [-0.2, 0) is 9.53 Å². The number of hydrogen-bond donors (Lipinski definition) is 1. The van der Waals surface area contributed by atoms with Crippen LogP contribution in [0, 0.1) is 5.92 Å². The molecule has 1 rings (SSSR count). The van der Waals surface area contributed by atoms with Gasteiger partial charge in [-0.3, -0.25) is 0 Å². The molecule has 0 aromatic carbocycles. The molecule has 1 aliphatic heterocycles. The maximum atomic E-state index is 11.0. The van der Waals surface area contributed by atoms with Gasteiger partial charge in [0.1, 0.15) is 0 Å². The van der Waals surface area contributed by atoms with Crippen LogP contribution < -0.4 is 0 Å². The predicted molar refractivity (Wildman–Crippen MR) is 53.8 cm³/mol. The molecule has 1 saturated heterocycles. The highest BCUT2D eigenvalue weighted by Crippen LogP contribution is 2.37. The zero-order valence-electron chi connectivity index (χ0n) is 9.08. The Bertz CT molecular complexity index is 203. The Morgan fingerprint density at radius 3 is 2.50 bits per heavy atom. The topological polar surface area (TPSA) is 49.8 Å².